The fourth-order valence-electron chi connectivity index (χ4n) is 1.18. The molecule has 1 atom stereocenters. The van der Waals surface area contributed by atoms with Gasteiger partial charge in [-0.25, -0.2) is 14.4 Å². The normalized spacial score (nSPS) is 13.0. The molecule has 1 N–H and O–H groups in total. The van der Waals surface area contributed by atoms with Crippen molar-refractivity contribution in [3.63, 3.8) is 0 Å². The lowest BCUT2D eigenvalue weighted by molar-refractivity contribution is 0.460. The van der Waals surface area contributed by atoms with Gasteiger partial charge in [-0.05, 0) is 18.4 Å². The number of alkyl halides is 1. The third-order valence-electron chi connectivity index (χ3n) is 1.88. The first kappa shape index (κ1) is 9.33. The second-order valence-electron chi connectivity index (χ2n) is 3.06. The molecule has 0 spiro atoms. The van der Waals surface area contributed by atoms with Crippen molar-refractivity contribution in [2.24, 2.45) is 0 Å². The van der Waals surface area contributed by atoms with Crippen LogP contribution in [0.1, 0.15) is 6.92 Å². The van der Waals surface area contributed by atoms with Crippen molar-refractivity contribution in [3.05, 3.63) is 17.8 Å². The SMILES string of the molecule is CC(CF)Nc1ncnc2sccc12. The van der Waals surface area contributed by atoms with E-state index < -0.39 is 6.67 Å². The number of aromatic nitrogens is 2. The number of hydrogen-bond donors (Lipinski definition) is 1. The quantitative estimate of drug-likeness (QED) is 0.847. The Morgan fingerprint density at radius 3 is 3.21 bits per heavy atom. The van der Waals surface area contributed by atoms with Gasteiger partial charge in [0.2, 0.25) is 0 Å². The standard InChI is InChI=1S/C9H10FN3S/c1-6(4-10)13-8-7-2-3-14-9(7)12-5-11-8/h2-3,5-6H,4H2,1H3,(H,11,12,13). The summed E-state index contributed by atoms with van der Waals surface area (Å²) in [6, 6.07) is 1.72. The van der Waals surface area contributed by atoms with E-state index in [1.165, 1.54) is 6.33 Å². The van der Waals surface area contributed by atoms with Crippen molar-refractivity contribution in [2.75, 3.05) is 12.0 Å². The predicted octanol–water partition coefficient (Wildman–Crippen LogP) is 2.46. The van der Waals surface area contributed by atoms with Crippen LogP contribution in [0.5, 0.6) is 0 Å². The van der Waals surface area contributed by atoms with Crippen LogP contribution in [0.3, 0.4) is 0 Å². The molecule has 0 aliphatic carbocycles. The van der Waals surface area contributed by atoms with Crippen molar-refractivity contribution >= 4 is 27.4 Å². The topological polar surface area (TPSA) is 37.8 Å². The molecule has 14 heavy (non-hydrogen) atoms. The molecule has 0 amide bonds. The van der Waals surface area contributed by atoms with Crippen LogP contribution in [0.25, 0.3) is 10.2 Å². The third-order valence-corrected chi connectivity index (χ3v) is 2.70. The molecule has 2 heterocycles. The Bertz CT molecular complexity index is 429. The summed E-state index contributed by atoms with van der Waals surface area (Å²) in [7, 11) is 0. The number of hydrogen-bond acceptors (Lipinski definition) is 4. The van der Waals surface area contributed by atoms with Crippen molar-refractivity contribution in [2.45, 2.75) is 13.0 Å². The first-order valence-electron chi connectivity index (χ1n) is 4.32. The Hall–Kier alpha value is -1.23. The van der Waals surface area contributed by atoms with Crippen molar-refractivity contribution in [1.82, 2.24) is 9.97 Å². The highest BCUT2D eigenvalue weighted by molar-refractivity contribution is 7.16. The first-order chi connectivity index (χ1) is 6.81. The molecule has 1 unspecified atom stereocenters. The summed E-state index contributed by atoms with van der Waals surface area (Å²) < 4.78 is 12.3. The van der Waals surface area contributed by atoms with Crippen LogP contribution in [0, 0.1) is 0 Å². The van der Waals surface area contributed by atoms with Gasteiger partial charge in [-0.3, -0.25) is 0 Å². The van der Waals surface area contributed by atoms with E-state index in [-0.39, 0.29) is 6.04 Å². The molecule has 3 nitrogen and oxygen atoms in total. The second kappa shape index (κ2) is 3.88. The van der Waals surface area contributed by atoms with Gasteiger partial charge in [-0.2, -0.15) is 0 Å². The maximum absolute atomic E-state index is 12.3. The molecule has 0 saturated heterocycles. The highest BCUT2D eigenvalue weighted by Crippen LogP contribution is 2.23. The van der Waals surface area contributed by atoms with Crippen LogP contribution in [-0.2, 0) is 0 Å². The van der Waals surface area contributed by atoms with E-state index in [0.29, 0.717) is 5.82 Å². The number of halogens is 1. The molecular formula is C9H10FN3S. The van der Waals surface area contributed by atoms with E-state index in [4.69, 9.17) is 0 Å². The zero-order valence-electron chi connectivity index (χ0n) is 7.70. The van der Waals surface area contributed by atoms with Crippen LogP contribution >= 0.6 is 11.3 Å². The lowest BCUT2D eigenvalue weighted by Gasteiger charge is -2.10. The number of anilines is 1. The number of rotatable bonds is 3. The van der Waals surface area contributed by atoms with E-state index >= 15 is 0 Å². The van der Waals surface area contributed by atoms with Gasteiger partial charge in [-0.15, -0.1) is 11.3 Å². The third kappa shape index (κ3) is 1.68. The van der Waals surface area contributed by atoms with E-state index in [2.05, 4.69) is 15.3 Å². The van der Waals surface area contributed by atoms with Crippen LogP contribution in [0.15, 0.2) is 17.8 Å². The summed E-state index contributed by atoms with van der Waals surface area (Å²) in [4.78, 5) is 9.12. The van der Waals surface area contributed by atoms with Gasteiger partial charge in [0.05, 0.1) is 11.4 Å². The minimum absolute atomic E-state index is 0.215. The molecule has 0 fully saturated rings. The molecule has 5 heteroatoms. The Morgan fingerprint density at radius 2 is 2.43 bits per heavy atom. The maximum atomic E-state index is 12.3. The molecule has 2 rings (SSSR count). The molecule has 0 bridgehead atoms. The second-order valence-corrected chi connectivity index (χ2v) is 3.96. The van der Waals surface area contributed by atoms with Crippen LogP contribution in [0.4, 0.5) is 10.2 Å². The number of thiophene rings is 1. The van der Waals surface area contributed by atoms with Crippen molar-refractivity contribution in [1.29, 1.82) is 0 Å². The summed E-state index contributed by atoms with van der Waals surface area (Å²) in [6.45, 7) is 1.37. The van der Waals surface area contributed by atoms with Gasteiger partial charge in [-0.1, -0.05) is 0 Å². The van der Waals surface area contributed by atoms with E-state index in [0.717, 1.165) is 10.2 Å². The van der Waals surface area contributed by atoms with Gasteiger partial charge in [0.1, 0.15) is 23.7 Å². The van der Waals surface area contributed by atoms with Crippen molar-refractivity contribution in [3.8, 4) is 0 Å². The minimum Gasteiger partial charge on any atom is -0.364 e. The monoisotopic (exact) mass is 211 g/mol. The first-order valence-corrected chi connectivity index (χ1v) is 5.20. The summed E-state index contributed by atoms with van der Waals surface area (Å²) in [5.74, 6) is 0.710. The highest BCUT2D eigenvalue weighted by Gasteiger charge is 2.07. The summed E-state index contributed by atoms with van der Waals surface area (Å²) in [5.41, 5.74) is 0. The zero-order chi connectivity index (χ0) is 9.97. The number of nitrogens with zero attached hydrogens (tertiary/aromatic N) is 2. The predicted molar refractivity (Wildman–Crippen MR) is 56.5 cm³/mol. The molecule has 74 valence electrons. The fraction of sp³-hybridized carbons (Fsp3) is 0.333. The maximum Gasteiger partial charge on any atom is 0.138 e. The van der Waals surface area contributed by atoms with Gasteiger partial charge >= 0.3 is 0 Å². The Balaban J connectivity index is 2.36. The smallest absolute Gasteiger partial charge is 0.138 e. The summed E-state index contributed by atoms with van der Waals surface area (Å²) in [6.07, 6.45) is 1.49. The number of fused-ring (bicyclic) bond motifs is 1. The lowest BCUT2D eigenvalue weighted by Crippen LogP contribution is -2.17. The average molecular weight is 211 g/mol. The summed E-state index contributed by atoms with van der Waals surface area (Å²) >= 11 is 1.55. The zero-order valence-corrected chi connectivity index (χ0v) is 8.51. The number of nitrogens with one attached hydrogen (secondary N) is 1. The van der Waals surface area contributed by atoms with Crippen molar-refractivity contribution < 1.29 is 4.39 Å². The molecule has 0 radical (unpaired) electrons. The van der Waals surface area contributed by atoms with Gasteiger partial charge in [0, 0.05) is 0 Å². The van der Waals surface area contributed by atoms with Crippen LogP contribution in [-0.4, -0.2) is 22.7 Å². The largest absolute Gasteiger partial charge is 0.364 e. The lowest BCUT2D eigenvalue weighted by atomic mass is 10.3. The Labute approximate surface area is 85.0 Å². The van der Waals surface area contributed by atoms with E-state index in [9.17, 15) is 4.39 Å². The Kier molecular flexibility index (Phi) is 2.58. The highest BCUT2D eigenvalue weighted by atomic mass is 32.1. The molecule has 2 aromatic rings. The van der Waals surface area contributed by atoms with E-state index in [1.54, 1.807) is 18.3 Å². The Morgan fingerprint density at radius 1 is 1.57 bits per heavy atom. The molecule has 0 aliphatic rings. The van der Waals surface area contributed by atoms with Crippen LogP contribution < -0.4 is 5.32 Å². The van der Waals surface area contributed by atoms with Gasteiger partial charge in [0.15, 0.2) is 0 Å². The van der Waals surface area contributed by atoms with Gasteiger partial charge in [0.25, 0.3) is 0 Å². The average Bonchev–Trinajstić information content (AvgIpc) is 2.66. The van der Waals surface area contributed by atoms with Crippen LogP contribution in [0.2, 0.25) is 0 Å². The molecule has 0 aliphatic heterocycles. The molecule has 0 saturated carbocycles. The molecular weight excluding hydrogens is 201 g/mol. The van der Waals surface area contributed by atoms with E-state index in [1.807, 2.05) is 11.4 Å². The summed E-state index contributed by atoms with van der Waals surface area (Å²) in [5, 5.41) is 5.91. The minimum atomic E-state index is -0.407. The fourth-order valence-corrected chi connectivity index (χ4v) is 1.91. The van der Waals surface area contributed by atoms with Gasteiger partial charge < -0.3 is 5.32 Å². The molecule has 2 aromatic heterocycles. The molecule has 0 aromatic carbocycles.